The first-order valence-electron chi connectivity index (χ1n) is 12.4. The Balaban J connectivity index is 0.000000287. The van der Waals surface area contributed by atoms with E-state index in [1.54, 1.807) is 11.0 Å². The van der Waals surface area contributed by atoms with Gasteiger partial charge in [-0.25, -0.2) is 9.59 Å². The highest BCUT2D eigenvalue weighted by Gasteiger charge is 2.36. The molecule has 4 atom stereocenters. The third-order valence-electron chi connectivity index (χ3n) is 5.31. The van der Waals surface area contributed by atoms with E-state index >= 15 is 0 Å². The molecule has 3 fully saturated rings. The van der Waals surface area contributed by atoms with Crippen LogP contribution in [0.5, 0.6) is 0 Å². The lowest BCUT2D eigenvalue weighted by Gasteiger charge is -2.27. The van der Waals surface area contributed by atoms with Crippen molar-refractivity contribution in [3.8, 4) is 0 Å². The molecule has 10 heteroatoms. The molecule has 0 aromatic heterocycles. The summed E-state index contributed by atoms with van der Waals surface area (Å²) in [5.74, 6) is 0. The van der Waals surface area contributed by atoms with Crippen molar-refractivity contribution in [3.63, 3.8) is 0 Å². The molecule has 0 aromatic rings. The van der Waals surface area contributed by atoms with Gasteiger partial charge in [-0.2, -0.15) is 0 Å². The van der Waals surface area contributed by atoms with Gasteiger partial charge in [0.15, 0.2) is 0 Å². The molecule has 10 nitrogen and oxygen atoms in total. The van der Waals surface area contributed by atoms with Crippen LogP contribution in [0.25, 0.3) is 0 Å². The Labute approximate surface area is 210 Å². The molecule has 3 saturated heterocycles. The van der Waals surface area contributed by atoms with Gasteiger partial charge in [-0.15, -0.1) is 6.58 Å². The van der Waals surface area contributed by atoms with E-state index < -0.39 is 17.3 Å². The molecule has 4 N–H and O–H groups in total. The largest absolute Gasteiger partial charge is 0.444 e. The first-order chi connectivity index (χ1) is 16.1. The molecule has 0 spiro atoms. The molecule has 2 amide bonds. The van der Waals surface area contributed by atoms with Crippen LogP contribution in [0, 0.1) is 0 Å². The van der Waals surface area contributed by atoms with Crippen molar-refractivity contribution in [2.75, 3.05) is 32.7 Å². The Morgan fingerprint density at radius 1 is 0.943 bits per heavy atom. The van der Waals surface area contributed by atoms with Gasteiger partial charge in [-0.3, -0.25) is 0 Å². The summed E-state index contributed by atoms with van der Waals surface area (Å²) in [6.45, 7) is 17.8. The summed E-state index contributed by atoms with van der Waals surface area (Å²) in [6.07, 6.45) is 3.07. The van der Waals surface area contributed by atoms with E-state index in [1.807, 2.05) is 41.5 Å². The molecule has 3 aliphatic heterocycles. The number of amides is 2. The Hall–Kier alpha value is -1.88. The maximum absolute atomic E-state index is 11.9. The number of carbonyl (C=O) groups excluding carboxylic acids is 2. The number of hydrogen-bond donors (Lipinski definition) is 4. The molecule has 3 rings (SSSR count). The van der Waals surface area contributed by atoms with Gasteiger partial charge in [0.1, 0.15) is 11.2 Å². The highest BCUT2D eigenvalue weighted by molar-refractivity contribution is 5.69. The highest BCUT2D eigenvalue weighted by atomic mass is 16.6. The number of β-amino-alcohol motifs (C(OH)–C–C–N with tert-alkyl or cyclic N) is 3. The SMILES string of the molecule is C=CC[C@H]1C[C@@H](O)CN1C(=O)OC(C)(C)C.CC(C)(C)OC(=O)N1CC[C@@H](O)C1.O[C@@H]1CCNC1. The molecule has 0 aromatic carbocycles. The van der Waals surface area contributed by atoms with Gasteiger partial charge in [-0.05, 0) is 73.8 Å². The monoisotopic (exact) mass is 501 g/mol. The molecular formula is C25H47N3O7. The van der Waals surface area contributed by atoms with Crippen LogP contribution in [0.3, 0.4) is 0 Å². The number of ether oxygens (including phenoxy) is 2. The molecule has 0 unspecified atom stereocenters. The Morgan fingerprint density at radius 2 is 1.54 bits per heavy atom. The summed E-state index contributed by atoms with van der Waals surface area (Å²) >= 11 is 0. The van der Waals surface area contributed by atoms with E-state index in [2.05, 4.69) is 11.9 Å². The minimum absolute atomic E-state index is 0.0161. The number of hydrogen-bond acceptors (Lipinski definition) is 8. The number of nitrogens with one attached hydrogen (secondary N) is 1. The van der Waals surface area contributed by atoms with E-state index in [0.29, 0.717) is 38.9 Å². The van der Waals surface area contributed by atoms with Crippen molar-refractivity contribution in [3.05, 3.63) is 12.7 Å². The fraction of sp³-hybridized carbons (Fsp3) is 0.840. The number of likely N-dealkylation sites (tertiary alicyclic amines) is 2. The van der Waals surface area contributed by atoms with Crippen LogP contribution in [0.2, 0.25) is 0 Å². The van der Waals surface area contributed by atoms with Crippen LogP contribution in [-0.4, -0.2) is 106 Å². The molecule has 3 heterocycles. The zero-order valence-corrected chi connectivity index (χ0v) is 22.3. The fourth-order valence-electron chi connectivity index (χ4n) is 3.73. The van der Waals surface area contributed by atoms with Crippen molar-refractivity contribution < 1.29 is 34.4 Å². The quantitative estimate of drug-likeness (QED) is 0.424. The van der Waals surface area contributed by atoms with Crippen molar-refractivity contribution in [1.29, 1.82) is 0 Å². The summed E-state index contributed by atoms with van der Waals surface area (Å²) in [5, 5.41) is 30.4. The zero-order valence-electron chi connectivity index (χ0n) is 22.3. The van der Waals surface area contributed by atoms with Crippen LogP contribution in [0.15, 0.2) is 12.7 Å². The van der Waals surface area contributed by atoms with Gasteiger partial charge in [-0.1, -0.05) is 6.08 Å². The van der Waals surface area contributed by atoms with E-state index in [9.17, 15) is 19.8 Å². The minimum Gasteiger partial charge on any atom is -0.444 e. The molecule has 0 radical (unpaired) electrons. The van der Waals surface area contributed by atoms with Gasteiger partial charge >= 0.3 is 12.2 Å². The van der Waals surface area contributed by atoms with Gasteiger partial charge in [0.2, 0.25) is 0 Å². The summed E-state index contributed by atoms with van der Waals surface area (Å²) in [4.78, 5) is 26.4. The van der Waals surface area contributed by atoms with Crippen LogP contribution >= 0.6 is 0 Å². The average molecular weight is 502 g/mol. The van der Waals surface area contributed by atoms with Crippen LogP contribution < -0.4 is 5.32 Å². The van der Waals surface area contributed by atoms with E-state index in [-0.39, 0.29) is 30.4 Å². The lowest BCUT2D eigenvalue weighted by molar-refractivity contribution is 0.0209. The first kappa shape index (κ1) is 31.2. The molecule has 204 valence electrons. The third-order valence-corrected chi connectivity index (χ3v) is 5.31. The summed E-state index contributed by atoms with van der Waals surface area (Å²) in [6, 6.07) is 0.0161. The second kappa shape index (κ2) is 14.0. The zero-order chi connectivity index (χ0) is 26.8. The summed E-state index contributed by atoms with van der Waals surface area (Å²) < 4.78 is 10.4. The minimum atomic E-state index is -0.497. The number of rotatable bonds is 2. The predicted octanol–water partition coefficient (Wildman–Crippen LogP) is 2.26. The number of aliphatic hydroxyl groups is 3. The van der Waals surface area contributed by atoms with Crippen molar-refractivity contribution in [2.45, 2.75) is 103 Å². The number of carbonyl (C=O) groups is 2. The first-order valence-corrected chi connectivity index (χ1v) is 12.4. The highest BCUT2D eigenvalue weighted by Crippen LogP contribution is 2.23. The molecule has 0 aliphatic carbocycles. The Kier molecular flexibility index (Phi) is 12.5. The molecule has 0 bridgehead atoms. The van der Waals surface area contributed by atoms with Crippen molar-refractivity contribution >= 4 is 12.2 Å². The van der Waals surface area contributed by atoms with Gasteiger partial charge < -0.3 is 39.9 Å². The Morgan fingerprint density at radius 3 is 1.94 bits per heavy atom. The normalized spacial score (nSPS) is 26.3. The maximum atomic E-state index is 11.9. The number of nitrogens with zero attached hydrogens (tertiary/aromatic N) is 2. The van der Waals surface area contributed by atoms with Crippen molar-refractivity contribution in [2.24, 2.45) is 0 Å². The maximum Gasteiger partial charge on any atom is 0.410 e. The smallest absolute Gasteiger partial charge is 0.410 e. The average Bonchev–Trinajstić information content (AvgIpc) is 3.42. The predicted molar refractivity (Wildman–Crippen MR) is 134 cm³/mol. The van der Waals surface area contributed by atoms with Gasteiger partial charge in [0, 0.05) is 25.7 Å². The molecule has 35 heavy (non-hydrogen) atoms. The van der Waals surface area contributed by atoms with Crippen LogP contribution in [0.1, 0.15) is 67.2 Å². The van der Waals surface area contributed by atoms with Gasteiger partial charge in [0.25, 0.3) is 0 Å². The number of aliphatic hydroxyl groups excluding tert-OH is 3. The van der Waals surface area contributed by atoms with Crippen molar-refractivity contribution in [1.82, 2.24) is 15.1 Å². The molecular weight excluding hydrogens is 454 g/mol. The molecule has 0 saturated carbocycles. The van der Waals surface area contributed by atoms with Crippen LogP contribution in [0.4, 0.5) is 9.59 Å². The summed E-state index contributed by atoms with van der Waals surface area (Å²) in [5.41, 5.74) is -0.950. The van der Waals surface area contributed by atoms with E-state index in [4.69, 9.17) is 14.6 Å². The third kappa shape index (κ3) is 13.1. The van der Waals surface area contributed by atoms with E-state index in [0.717, 1.165) is 19.5 Å². The standard InChI is InChI=1S/C12H21NO3.C9H17NO3.C4H9NO/c1-5-6-9-7-10(14)8-13(9)11(15)16-12(2,3)4;1-9(2,3)13-8(12)10-5-4-7(11)6-10;6-4-1-2-5-3-4/h5,9-10,14H,1,6-8H2,2-4H3;7,11H,4-6H2,1-3H3;4-6H,1-3H2/t9-,10+;7-;4-/m011/s1. The lowest BCUT2D eigenvalue weighted by atomic mass is 10.1. The second-order valence-electron chi connectivity index (χ2n) is 11.2. The second-order valence-corrected chi connectivity index (χ2v) is 11.2. The lowest BCUT2D eigenvalue weighted by Crippen LogP contribution is -2.40. The Bertz CT molecular complexity index is 669. The van der Waals surface area contributed by atoms with E-state index in [1.165, 1.54) is 4.90 Å². The fourth-order valence-corrected chi connectivity index (χ4v) is 3.73. The van der Waals surface area contributed by atoms with Crippen LogP contribution in [-0.2, 0) is 9.47 Å². The van der Waals surface area contributed by atoms with Gasteiger partial charge in [0.05, 0.1) is 24.9 Å². The molecule has 3 aliphatic rings. The summed E-state index contributed by atoms with van der Waals surface area (Å²) in [7, 11) is 0. The topological polar surface area (TPSA) is 132 Å².